The fraction of sp³-hybridized carbons (Fsp3) is 0.318. The summed E-state index contributed by atoms with van der Waals surface area (Å²) < 4.78 is 21.6. The molecule has 1 amide bonds. The van der Waals surface area contributed by atoms with Crippen molar-refractivity contribution in [3.63, 3.8) is 0 Å². The van der Waals surface area contributed by atoms with Crippen LogP contribution < -0.4 is 19.6 Å². The average Bonchev–Trinajstić information content (AvgIpc) is 2.74. The summed E-state index contributed by atoms with van der Waals surface area (Å²) in [6.07, 6.45) is 1.69. The van der Waals surface area contributed by atoms with Crippen LogP contribution in [-0.4, -0.2) is 45.0 Å². The van der Waals surface area contributed by atoms with E-state index in [0.717, 1.165) is 11.3 Å². The molecule has 0 unspecified atom stereocenters. The first kappa shape index (κ1) is 24.2. The van der Waals surface area contributed by atoms with Gasteiger partial charge in [-0.05, 0) is 65.2 Å². The lowest BCUT2D eigenvalue weighted by Crippen LogP contribution is -2.19. The number of esters is 1. The summed E-state index contributed by atoms with van der Waals surface area (Å²) in [7, 11) is 1.29. The predicted octanol–water partition coefficient (Wildman–Crippen LogP) is 3.49. The maximum Gasteiger partial charge on any atom is 0.343 e. The molecule has 166 valence electrons. The number of nitrogens with one attached hydrogen (secondary N) is 1. The van der Waals surface area contributed by atoms with E-state index in [1.807, 2.05) is 38.1 Å². The van der Waals surface area contributed by atoms with Crippen LogP contribution in [0.25, 0.3) is 0 Å². The molecule has 8 nitrogen and oxygen atoms in total. The highest BCUT2D eigenvalue weighted by molar-refractivity contribution is 9.10. The van der Waals surface area contributed by atoms with Crippen molar-refractivity contribution >= 4 is 34.0 Å². The van der Waals surface area contributed by atoms with E-state index in [9.17, 15) is 9.59 Å². The van der Waals surface area contributed by atoms with Gasteiger partial charge in [0.1, 0.15) is 5.75 Å². The Morgan fingerprint density at radius 2 is 1.77 bits per heavy atom. The largest absolute Gasteiger partial charge is 0.494 e. The lowest BCUT2D eigenvalue weighted by molar-refractivity contribution is -0.143. The van der Waals surface area contributed by atoms with E-state index < -0.39 is 5.97 Å². The van der Waals surface area contributed by atoms with E-state index in [1.54, 1.807) is 12.1 Å². The van der Waals surface area contributed by atoms with E-state index in [4.69, 9.17) is 14.2 Å². The summed E-state index contributed by atoms with van der Waals surface area (Å²) in [5, 5.41) is 4.00. The number of methoxy groups -OCH3 is 1. The number of hydrogen-bond donors (Lipinski definition) is 1. The number of hydrazone groups is 1. The molecule has 0 heterocycles. The summed E-state index contributed by atoms with van der Waals surface area (Å²) in [5.74, 6) is 0.823. The molecule has 1 N–H and O–H groups in total. The van der Waals surface area contributed by atoms with E-state index in [0.29, 0.717) is 34.7 Å². The highest BCUT2D eigenvalue weighted by Crippen LogP contribution is 2.36. The summed E-state index contributed by atoms with van der Waals surface area (Å²) in [6, 6.07) is 10.8. The minimum absolute atomic E-state index is 0.192. The number of carbonyl (C=O) groups is 2. The van der Waals surface area contributed by atoms with Gasteiger partial charge >= 0.3 is 5.97 Å². The summed E-state index contributed by atoms with van der Waals surface area (Å²) in [6.45, 7) is 4.50. The van der Waals surface area contributed by atoms with Crippen molar-refractivity contribution in [2.24, 2.45) is 5.10 Å². The van der Waals surface area contributed by atoms with Gasteiger partial charge in [0.2, 0.25) is 5.91 Å². The molecule has 2 aromatic rings. The molecular weight excluding hydrogens is 468 g/mol. The number of carbonyl (C=O) groups excluding carboxylic acids is 2. The Morgan fingerprint density at radius 3 is 2.42 bits per heavy atom. The predicted molar refractivity (Wildman–Crippen MR) is 120 cm³/mol. The third-order valence-electron chi connectivity index (χ3n) is 3.90. The van der Waals surface area contributed by atoms with Crippen molar-refractivity contribution in [2.75, 3.05) is 26.9 Å². The number of hydrogen-bond acceptors (Lipinski definition) is 7. The van der Waals surface area contributed by atoms with Crippen molar-refractivity contribution in [1.82, 2.24) is 5.43 Å². The molecule has 0 aliphatic heterocycles. The van der Waals surface area contributed by atoms with Crippen molar-refractivity contribution in [1.29, 1.82) is 0 Å². The minimum atomic E-state index is -0.504. The molecule has 0 aliphatic rings. The van der Waals surface area contributed by atoms with Gasteiger partial charge in [-0.25, -0.2) is 10.2 Å². The molecule has 9 heteroatoms. The first-order valence-electron chi connectivity index (χ1n) is 9.66. The first-order valence-corrected chi connectivity index (χ1v) is 10.5. The number of halogens is 1. The Labute approximate surface area is 189 Å². The van der Waals surface area contributed by atoms with Gasteiger partial charge in [-0.2, -0.15) is 5.10 Å². The highest BCUT2D eigenvalue weighted by Gasteiger charge is 2.14. The van der Waals surface area contributed by atoms with E-state index in [1.165, 1.54) is 13.3 Å². The van der Waals surface area contributed by atoms with E-state index >= 15 is 0 Å². The Morgan fingerprint density at radius 1 is 1.06 bits per heavy atom. The Bertz CT molecular complexity index is 915. The number of rotatable bonds is 11. The number of nitrogens with zero attached hydrogens (tertiary/aromatic N) is 1. The van der Waals surface area contributed by atoms with Crippen LogP contribution in [0.15, 0.2) is 46.0 Å². The molecule has 0 atom stereocenters. The second-order valence-corrected chi connectivity index (χ2v) is 7.03. The molecular formula is C22H25BrN2O6. The highest BCUT2D eigenvalue weighted by atomic mass is 79.9. The van der Waals surface area contributed by atoms with Crippen LogP contribution in [0.1, 0.15) is 25.0 Å². The fourth-order valence-electron chi connectivity index (χ4n) is 2.53. The Balaban J connectivity index is 2.00. The van der Waals surface area contributed by atoms with Crippen molar-refractivity contribution in [2.45, 2.75) is 20.3 Å². The zero-order valence-corrected chi connectivity index (χ0v) is 19.2. The van der Waals surface area contributed by atoms with Crippen LogP contribution in [0.3, 0.4) is 0 Å². The minimum Gasteiger partial charge on any atom is -0.494 e. The smallest absolute Gasteiger partial charge is 0.343 e. The van der Waals surface area contributed by atoms with Crippen molar-refractivity contribution in [3.05, 3.63) is 52.0 Å². The van der Waals surface area contributed by atoms with Crippen LogP contribution in [0, 0.1) is 0 Å². The van der Waals surface area contributed by atoms with Crippen LogP contribution >= 0.6 is 15.9 Å². The zero-order chi connectivity index (χ0) is 22.6. The quantitative estimate of drug-likeness (QED) is 0.293. The molecule has 0 saturated carbocycles. The normalized spacial score (nSPS) is 10.6. The lowest BCUT2D eigenvalue weighted by Gasteiger charge is -2.13. The molecule has 0 aliphatic carbocycles. The maximum atomic E-state index is 12.1. The van der Waals surface area contributed by atoms with E-state index in [-0.39, 0.29) is 18.9 Å². The second-order valence-electron chi connectivity index (χ2n) is 6.17. The lowest BCUT2D eigenvalue weighted by atomic mass is 10.1. The molecule has 31 heavy (non-hydrogen) atoms. The molecule has 0 saturated heterocycles. The standard InChI is InChI=1S/C22H25BrN2O6/c1-4-29-17-8-6-15(7-9-17)12-20(26)25-24-13-16-10-18(23)22(19(11-16)30-5-2)31-14-21(27)28-3/h6-11,13H,4-5,12,14H2,1-3H3,(H,25,26)/b24-13-. The summed E-state index contributed by atoms with van der Waals surface area (Å²) in [4.78, 5) is 23.5. The SMILES string of the molecule is CCOc1ccc(CC(=O)N/N=C\c2cc(Br)c(OCC(=O)OC)c(OCC)c2)cc1. The van der Waals surface area contributed by atoms with Gasteiger partial charge < -0.3 is 18.9 Å². The van der Waals surface area contributed by atoms with Gasteiger partial charge in [0.05, 0.1) is 37.4 Å². The average molecular weight is 493 g/mol. The van der Waals surface area contributed by atoms with Gasteiger partial charge in [0, 0.05) is 0 Å². The van der Waals surface area contributed by atoms with E-state index in [2.05, 4.69) is 31.2 Å². The topological polar surface area (TPSA) is 95.5 Å². The van der Waals surface area contributed by atoms with Crippen LogP contribution in [0.5, 0.6) is 17.2 Å². The van der Waals surface area contributed by atoms with Crippen LogP contribution in [0.4, 0.5) is 0 Å². The number of benzene rings is 2. The van der Waals surface area contributed by atoms with Gasteiger partial charge in [-0.15, -0.1) is 0 Å². The Kier molecular flexibility index (Phi) is 9.83. The first-order chi connectivity index (χ1) is 15.0. The van der Waals surface area contributed by atoms with Crippen molar-refractivity contribution < 1.29 is 28.5 Å². The van der Waals surface area contributed by atoms with Gasteiger partial charge in [-0.1, -0.05) is 12.1 Å². The summed E-state index contributed by atoms with van der Waals surface area (Å²) >= 11 is 3.41. The van der Waals surface area contributed by atoms with Gasteiger partial charge in [0.25, 0.3) is 0 Å². The van der Waals surface area contributed by atoms with Gasteiger partial charge in [-0.3, -0.25) is 4.79 Å². The van der Waals surface area contributed by atoms with Crippen LogP contribution in [0.2, 0.25) is 0 Å². The fourth-order valence-corrected chi connectivity index (χ4v) is 3.10. The molecule has 0 aromatic heterocycles. The number of ether oxygens (including phenoxy) is 4. The monoisotopic (exact) mass is 492 g/mol. The molecule has 0 fully saturated rings. The van der Waals surface area contributed by atoms with Crippen LogP contribution in [-0.2, 0) is 20.7 Å². The second kappa shape index (κ2) is 12.6. The molecule has 0 spiro atoms. The molecule has 2 aromatic carbocycles. The molecule has 0 radical (unpaired) electrons. The van der Waals surface area contributed by atoms with Crippen molar-refractivity contribution in [3.8, 4) is 17.2 Å². The molecule has 0 bridgehead atoms. The molecule has 2 rings (SSSR count). The van der Waals surface area contributed by atoms with Gasteiger partial charge in [0.15, 0.2) is 18.1 Å². The third kappa shape index (κ3) is 7.93. The number of amides is 1. The third-order valence-corrected chi connectivity index (χ3v) is 4.48. The summed E-state index contributed by atoms with van der Waals surface area (Å²) in [5.41, 5.74) is 4.02. The Hall–Kier alpha value is -3.07. The maximum absolute atomic E-state index is 12.1. The zero-order valence-electron chi connectivity index (χ0n) is 17.6.